The van der Waals surface area contributed by atoms with Gasteiger partial charge in [0.1, 0.15) is 29.0 Å². The molecule has 2 aromatic heterocycles. The van der Waals surface area contributed by atoms with Crippen LogP contribution in [0.1, 0.15) is 27.4 Å². The largest absolute Gasteiger partial charge is 0.489 e. The van der Waals surface area contributed by atoms with E-state index in [0.29, 0.717) is 22.6 Å². The molecule has 0 bridgehead atoms. The Morgan fingerprint density at radius 3 is 2.72 bits per heavy atom. The van der Waals surface area contributed by atoms with Crippen molar-refractivity contribution in [3.8, 4) is 5.75 Å². The maximum atomic E-state index is 13.2. The summed E-state index contributed by atoms with van der Waals surface area (Å²) in [5, 5.41) is 11.2. The van der Waals surface area contributed by atoms with Crippen LogP contribution in [0.2, 0.25) is 10.0 Å². The summed E-state index contributed by atoms with van der Waals surface area (Å²) in [6, 6.07) is 13.3. The number of ether oxygens (including phenoxy) is 1. The van der Waals surface area contributed by atoms with Crippen molar-refractivity contribution in [1.82, 2.24) is 14.9 Å². The van der Waals surface area contributed by atoms with E-state index < -0.39 is 11.7 Å². The number of halogens is 3. The fourth-order valence-electron chi connectivity index (χ4n) is 2.97. The van der Waals surface area contributed by atoms with Crippen LogP contribution in [0, 0.1) is 12.7 Å². The number of benzene rings is 2. The highest BCUT2D eigenvalue weighted by atomic mass is 35.5. The minimum atomic E-state index is -0.541. The van der Waals surface area contributed by atoms with Crippen LogP contribution in [0.25, 0.3) is 0 Å². The van der Waals surface area contributed by atoms with Gasteiger partial charge in [0.05, 0.1) is 12.1 Å². The van der Waals surface area contributed by atoms with E-state index in [2.05, 4.69) is 15.6 Å². The molecule has 0 spiro atoms. The molecule has 0 unspecified atom stereocenters. The number of nitrogens with one attached hydrogen (secondary N) is 1. The van der Waals surface area contributed by atoms with E-state index in [-0.39, 0.29) is 34.7 Å². The molecule has 0 aliphatic carbocycles. The highest BCUT2D eigenvalue weighted by Gasteiger charge is 2.22. The Morgan fingerprint density at radius 2 is 1.97 bits per heavy atom. The molecule has 164 valence electrons. The maximum Gasteiger partial charge on any atom is 0.279 e. The van der Waals surface area contributed by atoms with Gasteiger partial charge in [-0.25, -0.2) is 4.39 Å². The van der Waals surface area contributed by atoms with Crippen molar-refractivity contribution in [1.29, 1.82) is 0 Å². The van der Waals surface area contributed by atoms with Gasteiger partial charge in [-0.2, -0.15) is 5.10 Å². The maximum absolute atomic E-state index is 13.2. The molecule has 2 aromatic carbocycles. The van der Waals surface area contributed by atoms with Gasteiger partial charge in [0.15, 0.2) is 11.5 Å². The molecule has 7 nitrogen and oxygen atoms in total. The Labute approximate surface area is 192 Å². The van der Waals surface area contributed by atoms with Crippen molar-refractivity contribution in [2.45, 2.75) is 20.1 Å². The third-order valence-electron chi connectivity index (χ3n) is 4.62. The molecule has 4 rings (SSSR count). The van der Waals surface area contributed by atoms with Gasteiger partial charge in [-0.1, -0.05) is 52.6 Å². The van der Waals surface area contributed by atoms with E-state index in [1.165, 1.54) is 23.0 Å². The summed E-state index contributed by atoms with van der Waals surface area (Å²) < 4.78 is 25.6. The van der Waals surface area contributed by atoms with Crippen molar-refractivity contribution in [3.05, 3.63) is 93.2 Å². The number of amides is 1. The van der Waals surface area contributed by atoms with Crippen molar-refractivity contribution in [3.63, 3.8) is 0 Å². The number of anilines is 1. The third kappa shape index (κ3) is 4.92. The first kappa shape index (κ1) is 21.9. The molecule has 32 heavy (non-hydrogen) atoms. The van der Waals surface area contributed by atoms with E-state index in [0.717, 1.165) is 0 Å². The van der Waals surface area contributed by atoms with Crippen LogP contribution < -0.4 is 10.1 Å². The van der Waals surface area contributed by atoms with Crippen LogP contribution in [0.3, 0.4) is 0 Å². The predicted molar refractivity (Wildman–Crippen MR) is 118 cm³/mol. The molecule has 0 saturated carbocycles. The van der Waals surface area contributed by atoms with Crippen molar-refractivity contribution in [2.75, 3.05) is 5.32 Å². The Balaban J connectivity index is 1.47. The average molecular weight is 475 g/mol. The summed E-state index contributed by atoms with van der Waals surface area (Å²) >= 11 is 12.3. The van der Waals surface area contributed by atoms with Gasteiger partial charge >= 0.3 is 0 Å². The Morgan fingerprint density at radius 1 is 1.19 bits per heavy atom. The molecule has 0 fully saturated rings. The van der Waals surface area contributed by atoms with Crippen LogP contribution in [-0.4, -0.2) is 20.8 Å². The van der Waals surface area contributed by atoms with E-state index in [1.54, 1.807) is 13.0 Å². The number of aryl methyl sites for hydroxylation is 1. The first-order chi connectivity index (χ1) is 15.4. The molecule has 0 saturated heterocycles. The minimum Gasteiger partial charge on any atom is -0.489 e. The summed E-state index contributed by atoms with van der Waals surface area (Å²) in [4.78, 5) is 12.8. The number of aromatic nitrogens is 3. The van der Waals surface area contributed by atoms with Gasteiger partial charge in [-0.3, -0.25) is 9.48 Å². The quantitative estimate of drug-likeness (QED) is 0.382. The van der Waals surface area contributed by atoms with Gasteiger partial charge in [0, 0.05) is 11.2 Å². The monoisotopic (exact) mass is 474 g/mol. The number of carbonyl (C=O) groups excluding carboxylic acids is 1. The molecule has 10 heteroatoms. The van der Waals surface area contributed by atoms with Gasteiger partial charge < -0.3 is 14.6 Å². The van der Waals surface area contributed by atoms with Crippen LogP contribution in [0.5, 0.6) is 5.75 Å². The SMILES string of the molecule is Cc1onc(C(=O)Nc2nn(Cc3ccc(F)cc3Cl)cc2Cl)c1COc1ccccc1. The molecule has 1 N–H and O–H groups in total. The van der Waals surface area contributed by atoms with Crippen molar-refractivity contribution >= 4 is 34.9 Å². The zero-order chi connectivity index (χ0) is 22.7. The van der Waals surface area contributed by atoms with Crippen LogP contribution in [0.15, 0.2) is 59.3 Å². The zero-order valence-electron chi connectivity index (χ0n) is 16.8. The molecule has 2 heterocycles. The third-order valence-corrected chi connectivity index (χ3v) is 5.25. The van der Waals surface area contributed by atoms with Gasteiger partial charge in [-0.05, 0) is 36.8 Å². The lowest BCUT2D eigenvalue weighted by Crippen LogP contribution is -2.16. The Bertz CT molecular complexity index is 1260. The van der Waals surface area contributed by atoms with Crippen LogP contribution >= 0.6 is 23.2 Å². The van der Waals surface area contributed by atoms with Crippen LogP contribution in [-0.2, 0) is 13.2 Å². The van der Waals surface area contributed by atoms with E-state index >= 15 is 0 Å². The molecular weight excluding hydrogens is 458 g/mol. The molecule has 0 radical (unpaired) electrons. The molecule has 0 aliphatic rings. The van der Waals surface area contributed by atoms with E-state index in [9.17, 15) is 9.18 Å². The fraction of sp³-hybridized carbons (Fsp3) is 0.136. The number of hydrogen-bond acceptors (Lipinski definition) is 5. The van der Waals surface area contributed by atoms with Gasteiger partial charge in [0.25, 0.3) is 5.91 Å². The van der Waals surface area contributed by atoms with E-state index in [4.69, 9.17) is 32.5 Å². The van der Waals surface area contributed by atoms with Crippen molar-refractivity contribution in [2.24, 2.45) is 0 Å². The van der Waals surface area contributed by atoms with Gasteiger partial charge in [0.2, 0.25) is 0 Å². The van der Waals surface area contributed by atoms with E-state index in [1.807, 2.05) is 30.3 Å². The summed E-state index contributed by atoms with van der Waals surface area (Å²) in [6.07, 6.45) is 1.53. The first-order valence-electron chi connectivity index (χ1n) is 9.52. The second kappa shape index (κ2) is 9.42. The molecule has 0 aliphatic heterocycles. The lowest BCUT2D eigenvalue weighted by atomic mass is 10.2. The fourth-order valence-corrected chi connectivity index (χ4v) is 3.39. The normalized spacial score (nSPS) is 10.9. The Kier molecular flexibility index (Phi) is 6.43. The zero-order valence-corrected chi connectivity index (χ0v) is 18.3. The Hall–Kier alpha value is -3.36. The average Bonchev–Trinajstić information content (AvgIpc) is 3.31. The second-order valence-electron chi connectivity index (χ2n) is 6.88. The van der Waals surface area contributed by atoms with Crippen molar-refractivity contribution < 1.29 is 18.4 Å². The summed E-state index contributed by atoms with van der Waals surface area (Å²) in [7, 11) is 0. The highest BCUT2D eigenvalue weighted by molar-refractivity contribution is 6.33. The number of carbonyl (C=O) groups is 1. The predicted octanol–water partition coefficient (Wildman–Crippen LogP) is 5.51. The number of hydrogen-bond donors (Lipinski definition) is 1. The molecule has 4 aromatic rings. The molecule has 1 amide bonds. The number of para-hydroxylation sites is 1. The number of nitrogens with zero attached hydrogens (tertiary/aromatic N) is 3. The molecular formula is C22H17Cl2FN4O3. The lowest BCUT2D eigenvalue weighted by Gasteiger charge is -2.07. The summed E-state index contributed by atoms with van der Waals surface area (Å²) in [5.74, 6) is 0.292. The number of rotatable bonds is 7. The topological polar surface area (TPSA) is 82.2 Å². The smallest absolute Gasteiger partial charge is 0.279 e. The minimum absolute atomic E-state index is 0.0747. The summed E-state index contributed by atoms with van der Waals surface area (Å²) in [6.45, 7) is 2.04. The highest BCUT2D eigenvalue weighted by Crippen LogP contribution is 2.24. The second-order valence-corrected chi connectivity index (χ2v) is 7.70. The van der Waals surface area contributed by atoms with Gasteiger partial charge in [-0.15, -0.1) is 0 Å². The first-order valence-corrected chi connectivity index (χ1v) is 10.3. The lowest BCUT2D eigenvalue weighted by molar-refractivity contribution is 0.101. The van der Waals surface area contributed by atoms with Crippen LogP contribution in [0.4, 0.5) is 10.2 Å². The standard InChI is InChI=1S/C22H17Cl2FN4O3/c1-13-17(12-31-16-5-3-2-4-6-16)20(28-32-13)22(30)26-21-19(24)11-29(27-21)10-14-7-8-15(25)9-18(14)23/h2-9,11H,10,12H2,1H3,(H,26,27,30). The summed E-state index contributed by atoms with van der Waals surface area (Å²) in [5.41, 5.74) is 1.24. The molecule has 0 atom stereocenters.